The second-order valence-corrected chi connectivity index (χ2v) is 6.66. The Balaban J connectivity index is 2.41. The molecular weight excluding hydrogens is 271 g/mol. The van der Waals surface area contributed by atoms with Crippen molar-refractivity contribution in [1.29, 1.82) is 0 Å². The summed E-state index contributed by atoms with van der Waals surface area (Å²) in [6, 6.07) is 0. The van der Waals surface area contributed by atoms with Gasteiger partial charge in [-0.1, -0.05) is 38.5 Å². The Morgan fingerprint density at radius 1 is 1.16 bits per heavy atom. The van der Waals surface area contributed by atoms with Crippen LogP contribution >= 0.6 is 11.8 Å². The molecule has 1 saturated carbocycles. The van der Waals surface area contributed by atoms with E-state index in [1.807, 2.05) is 0 Å². The summed E-state index contributed by atoms with van der Waals surface area (Å²) in [7, 11) is 0. The highest BCUT2D eigenvalue weighted by molar-refractivity contribution is 8.00. The molecule has 0 bridgehead atoms. The Kier molecular flexibility index (Phi) is 7.58. The van der Waals surface area contributed by atoms with Crippen molar-refractivity contribution in [2.45, 2.75) is 51.5 Å². The molecule has 1 aliphatic carbocycles. The first-order valence-corrected chi connectivity index (χ1v) is 8.36. The van der Waals surface area contributed by atoms with Crippen LogP contribution < -0.4 is 5.32 Å². The molecule has 114 valence electrons. The van der Waals surface area contributed by atoms with Crippen molar-refractivity contribution < 1.29 is 13.2 Å². The standard InChI is InChI=1S/C14H26F3NS/c1-3-11-5-6-13(10-18-4-2)12(9-11)7-8-19-14(15,16)17/h11-13,18H,3-10H2,1-2H3. The molecular formula is C14H26F3NS. The van der Waals surface area contributed by atoms with Crippen molar-refractivity contribution >= 4 is 11.8 Å². The molecule has 0 radical (unpaired) electrons. The molecule has 0 spiro atoms. The number of rotatable bonds is 7. The van der Waals surface area contributed by atoms with Gasteiger partial charge in [-0.25, -0.2) is 0 Å². The first-order chi connectivity index (χ1) is 8.96. The lowest BCUT2D eigenvalue weighted by Gasteiger charge is -2.36. The molecule has 0 aromatic heterocycles. The van der Waals surface area contributed by atoms with Gasteiger partial charge in [0.05, 0.1) is 0 Å². The van der Waals surface area contributed by atoms with E-state index in [2.05, 4.69) is 19.2 Å². The van der Waals surface area contributed by atoms with E-state index in [0.717, 1.165) is 31.8 Å². The number of hydrogen-bond acceptors (Lipinski definition) is 2. The number of hydrogen-bond donors (Lipinski definition) is 1. The molecule has 0 heterocycles. The van der Waals surface area contributed by atoms with Gasteiger partial charge in [0.2, 0.25) is 0 Å². The van der Waals surface area contributed by atoms with Gasteiger partial charge in [-0.2, -0.15) is 13.2 Å². The van der Waals surface area contributed by atoms with Crippen LogP contribution in [0.3, 0.4) is 0 Å². The average Bonchev–Trinajstić information content (AvgIpc) is 2.35. The number of nitrogens with one attached hydrogen (secondary N) is 1. The van der Waals surface area contributed by atoms with Crippen LogP contribution in [-0.2, 0) is 0 Å². The smallest absolute Gasteiger partial charge is 0.317 e. The number of halogens is 3. The molecule has 0 saturated heterocycles. The minimum absolute atomic E-state index is 0.142. The van der Waals surface area contributed by atoms with Crippen molar-refractivity contribution in [2.24, 2.45) is 17.8 Å². The lowest BCUT2D eigenvalue weighted by atomic mass is 9.72. The van der Waals surface area contributed by atoms with Crippen LogP contribution in [0.4, 0.5) is 13.2 Å². The van der Waals surface area contributed by atoms with Crippen LogP contribution in [0.15, 0.2) is 0 Å². The van der Waals surface area contributed by atoms with Crippen LogP contribution in [0.5, 0.6) is 0 Å². The van der Waals surface area contributed by atoms with Crippen molar-refractivity contribution in [1.82, 2.24) is 5.32 Å². The predicted octanol–water partition coefficient (Wildman–Crippen LogP) is 4.68. The summed E-state index contributed by atoms with van der Waals surface area (Å²) in [5, 5.41) is 3.36. The minimum atomic E-state index is -4.07. The predicted molar refractivity (Wildman–Crippen MR) is 76.3 cm³/mol. The van der Waals surface area contributed by atoms with Gasteiger partial charge in [-0.15, -0.1) is 0 Å². The summed E-state index contributed by atoms with van der Waals surface area (Å²) in [4.78, 5) is 0. The highest BCUT2D eigenvalue weighted by atomic mass is 32.2. The highest BCUT2D eigenvalue weighted by Crippen LogP contribution is 2.39. The van der Waals surface area contributed by atoms with E-state index in [9.17, 15) is 13.2 Å². The van der Waals surface area contributed by atoms with Crippen LogP contribution in [0.2, 0.25) is 0 Å². The maximum atomic E-state index is 12.2. The molecule has 1 nitrogen and oxygen atoms in total. The van der Waals surface area contributed by atoms with E-state index in [4.69, 9.17) is 0 Å². The summed E-state index contributed by atoms with van der Waals surface area (Å²) in [5.74, 6) is 1.97. The van der Waals surface area contributed by atoms with Gasteiger partial charge < -0.3 is 5.32 Å². The monoisotopic (exact) mass is 297 g/mol. The Labute approximate surface area is 119 Å². The van der Waals surface area contributed by atoms with E-state index in [-0.39, 0.29) is 17.5 Å². The van der Waals surface area contributed by atoms with E-state index >= 15 is 0 Å². The zero-order chi connectivity index (χ0) is 14.3. The maximum Gasteiger partial charge on any atom is 0.441 e. The SMILES string of the molecule is CCNCC1CCC(CC)CC1CCSC(F)(F)F. The van der Waals surface area contributed by atoms with Crippen LogP contribution in [0, 0.1) is 17.8 Å². The Morgan fingerprint density at radius 2 is 1.89 bits per heavy atom. The summed E-state index contributed by atoms with van der Waals surface area (Å²) >= 11 is 0.142. The molecule has 1 aliphatic rings. The Hall–Kier alpha value is 0.100. The fourth-order valence-electron chi connectivity index (χ4n) is 3.07. The molecule has 1 rings (SSSR count). The molecule has 3 unspecified atom stereocenters. The largest absolute Gasteiger partial charge is 0.441 e. The molecule has 1 N–H and O–H groups in total. The summed E-state index contributed by atoms with van der Waals surface area (Å²) in [5.41, 5.74) is -4.07. The van der Waals surface area contributed by atoms with Gasteiger partial charge >= 0.3 is 5.51 Å². The summed E-state index contributed by atoms with van der Waals surface area (Å²) < 4.78 is 36.6. The van der Waals surface area contributed by atoms with Crippen LogP contribution in [0.1, 0.15) is 46.0 Å². The molecule has 0 aromatic carbocycles. The third-order valence-electron chi connectivity index (χ3n) is 4.24. The van der Waals surface area contributed by atoms with Crippen molar-refractivity contribution in [3.63, 3.8) is 0 Å². The van der Waals surface area contributed by atoms with Gasteiger partial charge in [-0.3, -0.25) is 0 Å². The fourth-order valence-corrected chi connectivity index (χ4v) is 3.72. The molecule has 0 aromatic rings. The van der Waals surface area contributed by atoms with E-state index in [0.29, 0.717) is 18.3 Å². The fraction of sp³-hybridized carbons (Fsp3) is 1.00. The van der Waals surface area contributed by atoms with Gasteiger partial charge in [0.15, 0.2) is 0 Å². The third kappa shape index (κ3) is 6.89. The molecule has 19 heavy (non-hydrogen) atoms. The van der Waals surface area contributed by atoms with Gasteiger partial charge in [0, 0.05) is 5.75 Å². The second kappa shape index (κ2) is 8.40. The first kappa shape index (κ1) is 17.2. The quantitative estimate of drug-likeness (QED) is 0.732. The molecule has 1 fully saturated rings. The van der Waals surface area contributed by atoms with Crippen LogP contribution in [-0.4, -0.2) is 24.4 Å². The van der Waals surface area contributed by atoms with Gasteiger partial charge in [0.1, 0.15) is 0 Å². The lowest BCUT2D eigenvalue weighted by Crippen LogP contribution is -2.33. The highest BCUT2D eigenvalue weighted by Gasteiger charge is 2.32. The normalized spacial score (nSPS) is 28.6. The third-order valence-corrected chi connectivity index (χ3v) is 5.00. The second-order valence-electron chi connectivity index (χ2n) is 5.50. The van der Waals surface area contributed by atoms with Crippen molar-refractivity contribution in [2.75, 3.05) is 18.8 Å². The van der Waals surface area contributed by atoms with E-state index < -0.39 is 5.51 Å². The van der Waals surface area contributed by atoms with E-state index in [1.165, 1.54) is 12.8 Å². The van der Waals surface area contributed by atoms with E-state index in [1.54, 1.807) is 0 Å². The average molecular weight is 297 g/mol. The Morgan fingerprint density at radius 3 is 2.47 bits per heavy atom. The minimum Gasteiger partial charge on any atom is -0.317 e. The maximum absolute atomic E-state index is 12.2. The Bertz CT molecular complexity index is 245. The molecule has 0 aliphatic heterocycles. The topological polar surface area (TPSA) is 12.0 Å². The van der Waals surface area contributed by atoms with Crippen LogP contribution in [0.25, 0.3) is 0 Å². The zero-order valence-corrected chi connectivity index (χ0v) is 12.7. The number of alkyl halides is 3. The van der Waals surface area contributed by atoms with Gasteiger partial charge in [0.25, 0.3) is 0 Å². The van der Waals surface area contributed by atoms with Crippen molar-refractivity contribution in [3.05, 3.63) is 0 Å². The zero-order valence-electron chi connectivity index (χ0n) is 11.9. The number of thioether (sulfide) groups is 1. The molecule has 3 atom stereocenters. The van der Waals surface area contributed by atoms with Gasteiger partial charge in [-0.05, 0) is 50.1 Å². The van der Waals surface area contributed by atoms with Crippen molar-refractivity contribution in [3.8, 4) is 0 Å². The first-order valence-electron chi connectivity index (χ1n) is 7.37. The summed E-state index contributed by atoms with van der Waals surface area (Å²) in [6.45, 7) is 6.18. The molecule has 5 heteroatoms. The lowest BCUT2D eigenvalue weighted by molar-refractivity contribution is -0.0329. The molecule has 0 amide bonds. The summed E-state index contributed by atoms with van der Waals surface area (Å²) in [6.07, 6.45) is 5.40.